The highest BCUT2D eigenvalue weighted by molar-refractivity contribution is 8.00. The van der Waals surface area contributed by atoms with Gasteiger partial charge in [-0.25, -0.2) is 0 Å². The van der Waals surface area contributed by atoms with Crippen LogP contribution >= 0.6 is 11.8 Å². The second-order valence-electron chi connectivity index (χ2n) is 4.44. The highest BCUT2D eigenvalue weighted by atomic mass is 32.2. The molecule has 0 aliphatic heterocycles. The quantitative estimate of drug-likeness (QED) is 0.745. The van der Waals surface area contributed by atoms with Crippen LogP contribution in [0.2, 0.25) is 0 Å². The summed E-state index contributed by atoms with van der Waals surface area (Å²) in [4.78, 5) is 12.7. The molecule has 0 spiro atoms. The van der Waals surface area contributed by atoms with Gasteiger partial charge in [-0.05, 0) is 38.1 Å². The number of rotatable bonds is 7. The van der Waals surface area contributed by atoms with E-state index in [0.29, 0.717) is 5.75 Å². The fourth-order valence-corrected chi connectivity index (χ4v) is 2.32. The first-order valence-electron chi connectivity index (χ1n) is 6.33. The summed E-state index contributed by atoms with van der Waals surface area (Å²) < 4.78 is 0. The molecule has 4 heteroatoms. The van der Waals surface area contributed by atoms with Gasteiger partial charge < -0.3 is 10.6 Å². The molecule has 0 atom stereocenters. The van der Waals surface area contributed by atoms with Crippen molar-refractivity contribution in [2.75, 3.05) is 12.3 Å². The third-order valence-corrected chi connectivity index (χ3v) is 3.29. The van der Waals surface area contributed by atoms with Gasteiger partial charge in [-0.3, -0.25) is 4.79 Å². The Kier molecular flexibility index (Phi) is 6.83. The van der Waals surface area contributed by atoms with Crippen molar-refractivity contribution in [3.8, 4) is 0 Å². The molecule has 1 aromatic carbocycles. The minimum Gasteiger partial charge on any atom is -0.353 e. The monoisotopic (exact) mass is 266 g/mol. The van der Waals surface area contributed by atoms with Crippen LogP contribution in [0, 0.1) is 0 Å². The molecule has 0 bridgehead atoms. The van der Waals surface area contributed by atoms with Crippen molar-refractivity contribution in [2.45, 2.75) is 38.3 Å². The summed E-state index contributed by atoms with van der Waals surface area (Å²) in [6.45, 7) is 7.88. The van der Waals surface area contributed by atoms with E-state index in [0.717, 1.165) is 18.0 Å². The molecule has 2 N–H and O–H groups in total. The molecule has 0 saturated heterocycles. The summed E-state index contributed by atoms with van der Waals surface area (Å²) in [6, 6.07) is 8.52. The maximum atomic E-state index is 11.5. The van der Waals surface area contributed by atoms with Crippen LogP contribution in [-0.4, -0.2) is 24.2 Å². The van der Waals surface area contributed by atoms with Crippen LogP contribution in [0.5, 0.6) is 0 Å². The normalized spacial score (nSPS) is 10.7. The van der Waals surface area contributed by atoms with Gasteiger partial charge in [0.2, 0.25) is 5.91 Å². The Morgan fingerprint density at radius 2 is 2.17 bits per heavy atom. The van der Waals surface area contributed by atoms with E-state index in [4.69, 9.17) is 0 Å². The number of thioether (sulfide) groups is 1. The molecule has 0 fully saturated rings. The summed E-state index contributed by atoms with van der Waals surface area (Å²) in [5, 5.41) is 6.18. The largest absolute Gasteiger partial charge is 0.353 e. The van der Waals surface area contributed by atoms with E-state index in [1.165, 1.54) is 5.56 Å². The molecule has 0 aromatic heterocycles. The fourth-order valence-electron chi connectivity index (χ4n) is 1.53. The summed E-state index contributed by atoms with van der Waals surface area (Å²) in [5.41, 5.74) is 1.26. The first kappa shape index (κ1) is 15.1. The number of amides is 1. The van der Waals surface area contributed by atoms with E-state index in [9.17, 15) is 4.79 Å². The first-order chi connectivity index (χ1) is 8.61. The van der Waals surface area contributed by atoms with Crippen LogP contribution in [0.4, 0.5) is 0 Å². The minimum absolute atomic E-state index is 0.0899. The van der Waals surface area contributed by atoms with Crippen molar-refractivity contribution in [1.29, 1.82) is 0 Å². The Balaban J connectivity index is 2.44. The Morgan fingerprint density at radius 1 is 1.39 bits per heavy atom. The van der Waals surface area contributed by atoms with Gasteiger partial charge in [-0.2, -0.15) is 0 Å². The Bertz CT molecular complexity index is 380. The predicted molar refractivity (Wildman–Crippen MR) is 77.8 cm³/mol. The lowest BCUT2D eigenvalue weighted by Gasteiger charge is -2.08. The molecule has 0 unspecified atom stereocenters. The maximum Gasteiger partial charge on any atom is 0.230 e. The molecular formula is C14H22N2OS. The molecule has 0 aliphatic carbocycles. The van der Waals surface area contributed by atoms with E-state index in [1.54, 1.807) is 11.8 Å². The molecular weight excluding hydrogens is 244 g/mol. The molecule has 0 heterocycles. The molecule has 1 rings (SSSR count). The van der Waals surface area contributed by atoms with Crippen molar-refractivity contribution >= 4 is 17.7 Å². The number of hydrogen-bond donors (Lipinski definition) is 2. The van der Waals surface area contributed by atoms with Crippen LogP contribution in [0.3, 0.4) is 0 Å². The molecule has 0 radical (unpaired) electrons. The lowest BCUT2D eigenvalue weighted by Crippen LogP contribution is -2.31. The maximum absolute atomic E-state index is 11.5. The highest BCUT2D eigenvalue weighted by Crippen LogP contribution is 2.18. The topological polar surface area (TPSA) is 41.1 Å². The van der Waals surface area contributed by atoms with Crippen molar-refractivity contribution < 1.29 is 4.79 Å². The minimum atomic E-state index is 0.0899. The van der Waals surface area contributed by atoms with Crippen molar-refractivity contribution in [3.05, 3.63) is 29.8 Å². The zero-order valence-corrected chi connectivity index (χ0v) is 12.1. The highest BCUT2D eigenvalue weighted by Gasteiger charge is 2.04. The van der Waals surface area contributed by atoms with Gasteiger partial charge in [0.1, 0.15) is 0 Å². The van der Waals surface area contributed by atoms with E-state index in [1.807, 2.05) is 26.0 Å². The van der Waals surface area contributed by atoms with Crippen molar-refractivity contribution in [3.63, 3.8) is 0 Å². The molecule has 1 aromatic rings. The average molecular weight is 266 g/mol. The standard InChI is InChI=1S/C14H22N2OS/c1-4-15-9-12-6-5-7-13(8-12)18-10-14(17)16-11(2)3/h5-8,11,15H,4,9-10H2,1-3H3,(H,16,17). The second-order valence-corrected chi connectivity index (χ2v) is 5.49. The average Bonchev–Trinajstić information content (AvgIpc) is 2.33. The molecule has 0 saturated carbocycles. The van der Waals surface area contributed by atoms with Gasteiger partial charge in [0.25, 0.3) is 0 Å². The zero-order chi connectivity index (χ0) is 13.4. The lowest BCUT2D eigenvalue weighted by molar-refractivity contribution is -0.119. The summed E-state index contributed by atoms with van der Waals surface area (Å²) >= 11 is 1.58. The first-order valence-corrected chi connectivity index (χ1v) is 7.32. The van der Waals surface area contributed by atoms with E-state index < -0.39 is 0 Å². The third-order valence-electron chi connectivity index (χ3n) is 2.30. The van der Waals surface area contributed by atoms with Crippen LogP contribution in [0.1, 0.15) is 26.3 Å². The van der Waals surface area contributed by atoms with Crippen LogP contribution < -0.4 is 10.6 Å². The number of carbonyl (C=O) groups excluding carboxylic acids is 1. The van der Waals surface area contributed by atoms with Gasteiger partial charge in [0.05, 0.1) is 5.75 Å². The number of nitrogens with one attached hydrogen (secondary N) is 2. The smallest absolute Gasteiger partial charge is 0.230 e. The predicted octanol–water partition coefficient (Wildman–Crippen LogP) is 2.41. The van der Waals surface area contributed by atoms with E-state index in [-0.39, 0.29) is 11.9 Å². The summed E-state index contributed by atoms with van der Waals surface area (Å²) in [6.07, 6.45) is 0. The van der Waals surface area contributed by atoms with Gasteiger partial charge >= 0.3 is 0 Å². The lowest BCUT2D eigenvalue weighted by atomic mass is 10.2. The van der Waals surface area contributed by atoms with Crippen LogP contribution in [-0.2, 0) is 11.3 Å². The van der Waals surface area contributed by atoms with Crippen molar-refractivity contribution in [1.82, 2.24) is 10.6 Å². The summed E-state index contributed by atoms with van der Waals surface area (Å²) in [5.74, 6) is 0.565. The number of carbonyl (C=O) groups is 1. The Labute approximate surface area is 114 Å². The summed E-state index contributed by atoms with van der Waals surface area (Å²) in [7, 11) is 0. The Hall–Kier alpha value is -1.00. The molecule has 1 amide bonds. The van der Waals surface area contributed by atoms with Crippen LogP contribution in [0.15, 0.2) is 29.2 Å². The molecule has 100 valence electrons. The number of benzene rings is 1. The molecule has 18 heavy (non-hydrogen) atoms. The van der Waals surface area contributed by atoms with Crippen molar-refractivity contribution in [2.24, 2.45) is 0 Å². The van der Waals surface area contributed by atoms with Gasteiger partial charge in [-0.15, -0.1) is 11.8 Å². The second kappa shape index (κ2) is 8.16. The number of hydrogen-bond acceptors (Lipinski definition) is 3. The fraction of sp³-hybridized carbons (Fsp3) is 0.500. The third kappa shape index (κ3) is 6.07. The molecule has 3 nitrogen and oxygen atoms in total. The SMILES string of the molecule is CCNCc1cccc(SCC(=O)NC(C)C)c1. The van der Waals surface area contributed by atoms with Gasteiger partial charge in [-0.1, -0.05) is 19.1 Å². The zero-order valence-electron chi connectivity index (χ0n) is 11.3. The van der Waals surface area contributed by atoms with Gasteiger partial charge in [0, 0.05) is 17.5 Å². The van der Waals surface area contributed by atoms with Gasteiger partial charge in [0.15, 0.2) is 0 Å². The van der Waals surface area contributed by atoms with E-state index >= 15 is 0 Å². The van der Waals surface area contributed by atoms with Crippen LogP contribution in [0.25, 0.3) is 0 Å². The molecule has 0 aliphatic rings. The van der Waals surface area contributed by atoms with E-state index in [2.05, 4.69) is 29.7 Å². The Morgan fingerprint density at radius 3 is 2.83 bits per heavy atom.